The van der Waals surface area contributed by atoms with E-state index >= 15 is 0 Å². The van der Waals surface area contributed by atoms with E-state index in [4.69, 9.17) is 5.73 Å². The van der Waals surface area contributed by atoms with Gasteiger partial charge in [0.25, 0.3) is 0 Å². The Hall–Kier alpha value is -1.46. The summed E-state index contributed by atoms with van der Waals surface area (Å²) in [6, 6.07) is 0. The molecule has 0 saturated heterocycles. The fraction of sp³-hybridized carbons (Fsp3) is 0.778. The van der Waals surface area contributed by atoms with E-state index in [1.165, 1.54) is 96.3 Å². The molecule has 0 saturated carbocycles. The largest absolute Gasteiger partial charge is 0.477 e. The molecule has 0 aromatic rings. The van der Waals surface area contributed by atoms with E-state index < -0.39 is 5.97 Å². The summed E-state index contributed by atoms with van der Waals surface area (Å²) in [5.41, 5.74) is 6.11. The Morgan fingerprint density at radius 2 is 1.44 bits per heavy atom. The highest BCUT2D eigenvalue weighted by atomic mass is 16.4. The van der Waals surface area contributed by atoms with Crippen LogP contribution in [0.2, 0.25) is 0 Å². The van der Waals surface area contributed by atoms with E-state index in [1.807, 2.05) is 13.1 Å². The van der Waals surface area contributed by atoms with Crippen LogP contribution < -0.4 is 5.73 Å². The normalized spacial score (nSPS) is 19.0. The molecule has 0 aromatic carbocycles. The van der Waals surface area contributed by atoms with Gasteiger partial charge in [-0.2, -0.15) is 0 Å². The Bertz CT molecular complexity index is 583. The third-order valence-corrected chi connectivity index (χ3v) is 6.57. The minimum absolute atomic E-state index is 0.0260. The summed E-state index contributed by atoms with van der Waals surface area (Å²) in [4.78, 5) is 15.7. The fourth-order valence-corrected chi connectivity index (χ4v) is 4.47. The Morgan fingerprint density at radius 1 is 0.938 bits per heavy atom. The van der Waals surface area contributed by atoms with Crippen molar-refractivity contribution in [3.05, 3.63) is 24.6 Å². The lowest BCUT2D eigenvalue weighted by Crippen LogP contribution is -2.59. The summed E-state index contributed by atoms with van der Waals surface area (Å²) < 4.78 is 0.170. The first-order chi connectivity index (χ1) is 15.5. The van der Waals surface area contributed by atoms with Crippen LogP contribution in [-0.2, 0) is 4.79 Å². The van der Waals surface area contributed by atoms with E-state index in [-0.39, 0.29) is 17.2 Å². The molecule has 0 aliphatic carbocycles. The molecular weight excluding hydrogens is 398 g/mol. The van der Waals surface area contributed by atoms with Crippen molar-refractivity contribution in [1.82, 2.24) is 0 Å². The lowest BCUT2D eigenvalue weighted by molar-refractivity contribution is -0.805. The maximum absolute atomic E-state index is 11.3. The average Bonchev–Trinajstić information content (AvgIpc) is 3.16. The van der Waals surface area contributed by atoms with Gasteiger partial charge in [-0.05, 0) is 32.1 Å². The van der Waals surface area contributed by atoms with Gasteiger partial charge in [-0.3, -0.25) is 5.73 Å². The number of carboxylic acid groups (broad SMARTS) is 1. The number of aliphatic carboxylic acids is 1. The Balaban J connectivity index is 1.96. The van der Waals surface area contributed by atoms with Crippen molar-refractivity contribution in [2.45, 2.75) is 129 Å². The van der Waals surface area contributed by atoms with Gasteiger partial charge in [0.1, 0.15) is 12.4 Å². The average molecular weight is 449 g/mol. The highest BCUT2D eigenvalue weighted by Gasteiger charge is 2.40. The molecule has 0 bridgehead atoms. The monoisotopic (exact) mass is 448 g/mol. The highest BCUT2D eigenvalue weighted by molar-refractivity contribution is 5.81. The quantitative estimate of drug-likeness (QED) is 0.110. The number of nitrogens with two attached hydrogens (primary N) is 1. The van der Waals surface area contributed by atoms with E-state index in [1.54, 1.807) is 6.20 Å². The minimum atomic E-state index is -0.838. The van der Waals surface area contributed by atoms with Crippen molar-refractivity contribution >= 4 is 11.8 Å². The summed E-state index contributed by atoms with van der Waals surface area (Å²) in [6.45, 7) is 4.10. The Morgan fingerprint density at radius 3 is 1.94 bits per heavy atom. The molecule has 2 unspecified atom stereocenters. The molecule has 3 N–H and O–H groups in total. The maximum Gasteiger partial charge on any atom is 0.360 e. The van der Waals surface area contributed by atoms with Crippen LogP contribution in [0.4, 0.5) is 0 Å². The molecule has 0 radical (unpaired) electrons. The number of carboxylic acids is 1. The molecule has 0 spiro atoms. The van der Waals surface area contributed by atoms with Gasteiger partial charge >= 0.3 is 5.97 Å². The summed E-state index contributed by atoms with van der Waals surface area (Å²) in [7, 11) is 0. The molecule has 1 aliphatic heterocycles. The van der Waals surface area contributed by atoms with Crippen LogP contribution in [0.15, 0.2) is 29.5 Å². The zero-order chi connectivity index (χ0) is 23.5. The van der Waals surface area contributed by atoms with Gasteiger partial charge < -0.3 is 5.11 Å². The molecule has 1 aliphatic rings. The van der Waals surface area contributed by atoms with Crippen molar-refractivity contribution in [2.75, 3.05) is 6.54 Å². The van der Waals surface area contributed by atoms with Crippen molar-refractivity contribution in [3.8, 4) is 0 Å². The molecular formula is C27H50N3O2+. The van der Waals surface area contributed by atoms with Crippen molar-refractivity contribution in [3.63, 3.8) is 0 Å². The summed E-state index contributed by atoms with van der Waals surface area (Å²) in [5, 5.41) is 9.27. The Labute approximate surface area is 197 Å². The van der Waals surface area contributed by atoms with Crippen LogP contribution >= 0.6 is 0 Å². The number of carbonyl (C=O) groups is 1. The second-order valence-electron chi connectivity index (χ2n) is 9.46. The molecule has 2 atom stereocenters. The van der Waals surface area contributed by atoms with Gasteiger partial charge in [0.05, 0.1) is 6.20 Å². The Kier molecular flexibility index (Phi) is 16.1. The van der Waals surface area contributed by atoms with Crippen LogP contribution in [0.5, 0.6) is 0 Å². The van der Waals surface area contributed by atoms with Gasteiger partial charge in [0.2, 0.25) is 5.84 Å². The van der Waals surface area contributed by atoms with Crippen LogP contribution in [-0.4, -0.2) is 34.1 Å². The second-order valence-corrected chi connectivity index (χ2v) is 9.46. The van der Waals surface area contributed by atoms with Crippen LogP contribution in [0.3, 0.4) is 0 Å². The lowest BCUT2D eigenvalue weighted by atomic mass is 10.0. The molecule has 0 amide bonds. The summed E-state index contributed by atoms with van der Waals surface area (Å²) >= 11 is 0. The van der Waals surface area contributed by atoms with Crippen LogP contribution in [0, 0.1) is 0 Å². The first-order valence-corrected chi connectivity index (χ1v) is 13.3. The first kappa shape index (κ1) is 28.6. The highest BCUT2D eigenvalue weighted by Crippen LogP contribution is 2.23. The van der Waals surface area contributed by atoms with Crippen molar-refractivity contribution < 1.29 is 14.4 Å². The van der Waals surface area contributed by atoms with Crippen molar-refractivity contribution in [1.29, 1.82) is 0 Å². The van der Waals surface area contributed by atoms with Crippen LogP contribution in [0.25, 0.3) is 0 Å². The number of amidine groups is 1. The second kappa shape index (κ2) is 18.0. The van der Waals surface area contributed by atoms with Gasteiger partial charge in [0.15, 0.2) is 6.54 Å². The summed E-state index contributed by atoms with van der Waals surface area (Å²) in [6.07, 6.45) is 29.7. The lowest BCUT2D eigenvalue weighted by Gasteiger charge is -2.34. The fourth-order valence-electron chi connectivity index (χ4n) is 4.47. The summed E-state index contributed by atoms with van der Waals surface area (Å²) in [5.74, 6) is 0.0586. The van der Waals surface area contributed by atoms with Crippen molar-refractivity contribution in [2.24, 2.45) is 10.7 Å². The van der Waals surface area contributed by atoms with Gasteiger partial charge in [-0.25, -0.2) is 14.3 Å². The number of aliphatic imine (C=N–C) groups is 1. The standard InChI is InChI=1S/C27H49N3O2/c1-3-4-5-6-7-8-9-10-11-12-13-14-15-16-17-18-19-20-21-26-29-22-23-30(26,25(2)28)24-27(31)32/h9-10,22-23,25H,3-8,11-21,24,28H2,1-2H3/p+1/b10-9+. The number of hydrogen-bond acceptors (Lipinski definition) is 3. The third kappa shape index (κ3) is 12.0. The third-order valence-electron chi connectivity index (χ3n) is 6.57. The number of hydrogen-bond donors (Lipinski definition) is 2. The predicted octanol–water partition coefficient (Wildman–Crippen LogP) is 7.28. The molecule has 32 heavy (non-hydrogen) atoms. The molecule has 5 heteroatoms. The predicted molar refractivity (Wildman–Crippen MR) is 136 cm³/mol. The zero-order valence-electron chi connectivity index (χ0n) is 20.9. The molecule has 5 nitrogen and oxygen atoms in total. The topological polar surface area (TPSA) is 75.7 Å². The van der Waals surface area contributed by atoms with Crippen LogP contribution in [0.1, 0.15) is 123 Å². The SMILES string of the molecule is CCCCCCC/C=C/CCCCCCCCCCCC1=NC=C[N+]1(CC(=O)O)C(C)N. The number of allylic oxidation sites excluding steroid dienone is 2. The smallest absolute Gasteiger partial charge is 0.360 e. The van der Waals surface area contributed by atoms with Gasteiger partial charge in [0, 0.05) is 13.3 Å². The number of unbranched alkanes of at least 4 members (excludes halogenated alkanes) is 14. The molecule has 1 heterocycles. The number of nitrogens with zero attached hydrogens (tertiary/aromatic N) is 2. The van der Waals surface area contributed by atoms with E-state index in [9.17, 15) is 9.90 Å². The first-order valence-electron chi connectivity index (χ1n) is 13.3. The maximum atomic E-state index is 11.3. The van der Waals surface area contributed by atoms with E-state index in [2.05, 4.69) is 24.1 Å². The number of rotatable bonds is 21. The minimum Gasteiger partial charge on any atom is -0.477 e. The molecule has 0 aromatic heterocycles. The van der Waals surface area contributed by atoms with E-state index in [0.29, 0.717) is 0 Å². The van der Waals surface area contributed by atoms with Gasteiger partial charge in [-0.15, -0.1) is 0 Å². The molecule has 184 valence electrons. The van der Waals surface area contributed by atoms with E-state index in [0.717, 1.165) is 18.7 Å². The number of quaternary nitrogens is 1. The zero-order valence-corrected chi connectivity index (χ0v) is 20.9. The van der Waals surface area contributed by atoms with Gasteiger partial charge in [-0.1, -0.05) is 89.7 Å². The molecule has 1 rings (SSSR count). The molecule has 0 fully saturated rings.